The molecular weight excluding hydrogens is 416 g/mol. The molecule has 0 saturated carbocycles. The third-order valence-electron chi connectivity index (χ3n) is 5.71. The summed E-state index contributed by atoms with van der Waals surface area (Å²) in [4.78, 5) is 20.0. The molecule has 0 spiro atoms. The highest BCUT2D eigenvalue weighted by molar-refractivity contribution is 8.24. The topological polar surface area (TPSA) is 33.2 Å². The standard InChI is InChI=1S/C23H20N2OS3/c1-3-13-14-9-5-6-10-15(14)18(20-22(26)25(4-2)23(27)29-20)19(13)21-24-16-11-7-8-12-17(16)28-21/h5-12,18,20H,3-4H2,1-2H3. The van der Waals surface area contributed by atoms with Crippen molar-refractivity contribution in [2.24, 2.45) is 0 Å². The zero-order valence-corrected chi connectivity index (χ0v) is 18.7. The van der Waals surface area contributed by atoms with Gasteiger partial charge in [-0.25, -0.2) is 4.98 Å². The van der Waals surface area contributed by atoms with Crippen LogP contribution >= 0.6 is 35.3 Å². The van der Waals surface area contributed by atoms with Crippen LogP contribution in [0, 0.1) is 0 Å². The van der Waals surface area contributed by atoms with Crippen LogP contribution in [0.15, 0.2) is 48.5 Å². The molecule has 2 aromatic carbocycles. The molecule has 1 fully saturated rings. The molecule has 0 N–H and O–H groups in total. The first-order chi connectivity index (χ1) is 14.1. The van der Waals surface area contributed by atoms with Gasteiger partial charge >= 0.3 is 0 Å². The van der Waals surface area contributed by atoms with Gasteiger partial charge in [0.1, 0.15) is 14.6 Å². The number of thiocarbonyl (C=S) groups is 1. The zero-order chi connectivity index (χ0) is 20.1. The molecule has 2 unspecified atom stereocenters. The summed E-state index contributed by atoms with van der Waals surface area (Å²) >= 11 is 8.79. The van der Waals surface area contributed by atoms with Crippen LogP contribution in [0.3, 0.4) is 0 Å². The van der Waals surface area contributed by atoms with Gasteiger partial charge in [-0.05, 0) is 42.2 Å². The van der Waals surface area contributed by atoms with Crippen LogP contribution in [0.25, 0.3) is 21.4 Å². The summed E-state index contributed by atoms with van der Waals surface area (Å²) in [5.41, 5.74) is 6.01. The fraction of sp³-hybridized carbons (Fsp3) is 0.261. The minimum atomic E-state index is -0.227. The number of fused-ring (bicyclic) bond motifs is 2. The van der Waals surface area contributed by atoms with E-state index in [4.69, 9.17) is 17.2 Å². The maximum Gasteiger partial charge on any atom is 0.242 e. The van der Waals surface area contributed by atoms with E-state index in [0.717, 1.165) is 16.9 Å². The molecule has 2 atom stereocenters. The second-order valence-electron chi connectivity index (χ2n) is 7.18. The molecule has 29 heavy (non-hydrogen) atoms. The average Bonchev–Trinajstić information content (AvgIpc) is 3.38. The van der Waals surface area contributed by atoms with Crippen LogP contribution in [0.5, 0.6) is 0 Å². The van der Waals surface area contributed by atoms with Gasteiger partial charge < -0.3 is 0 Å². The SMILES string of the molecule is CCC1=C(c2nc3ccccc3s2)C(C2SC(=S)N(CC)C2=O)c2ccccc21. The van der Waals surface area contributed by atoms with E-state index in [1.54, 1.807) is 16.2 Å². The summed E-state index contributed by atoms with van der Waals surface area (Å²) in [5, 5.41) is 0.799. The molecule has 1 aliphatic carbocycles. The maximum absolute atomic E-state index is 13.3. The van der Waals surface area contributed by atoms with Crippen LogP contribution in [-0.4, -0.2) is 31.9 Å². The molecule has 3 nitrogen and oxygen atoms in total. The van der Waals surface area contributed by atoms with E-state index in [1.807, 2.05) is 19.1 Å². The summed E-state index contributed by atoms with van der Waals surface area (Å²) < 4.78 is 1.87. The largest absolute Gasteiger partial charge is 0.297 e. The van der Waals surface area contributed by atoms with Crippen molar-refractivity contribution >= 4 is 66.9 Å². The van der Waals surface area contributed by atoms with Crippen molar-refractivity contribution in [3.05, 3.63) is 64.7 Å². The molecule has 1 aliphatic heterocycles. The number of hydrogen-bond donors (Lipinski definition) is 0. The number of aromatic nitrogens is 1. The number of rotatable bonds is 4. The van der Waals surface area contributed by atoms with E-state index in [9.17, 15) is 4.79 Å². The second kappa shape index (κ2) is 7.35. The van der Waals surface area contributed by atoms with Gasteiger partial charge in [0, 0.05) is 18.0 Å². The highest BCUT2D eigenvalue weighted by atomic mass is 32.2. The van der Waals surface area contributed by atoms with Crippen molar-refractivity contribution in [1.82, 2.24) is 9.88 Å². The molecule has 6 heteroatoms. The number of amides is 1. The smallest absolute Gasteiger partial charge is 0.242 e. The predicted octanol–water partition coefficient (Wildman–Crippen LogP) is 5.96. The van der Waals surface area contributed by atoms with Crippen molar-refractivity contribution in [3.8, 4) is 0 Å². The summed E-state index contributed by atoms with van der Waals surface area (Å²) in [5.74, 6) is 0.104. The average molecular weight is 437 g/mol. The Balaban J connectivity index is 1.72. The minimum absolute atomic E-state index is 0.0197. The Morgan fingerprint density at radius 2 is 1.86 bits per heavy atom. The number of allylic oxidation sites excluding steroid dienone is 2. The van der Waals surface area contributed by atoms with Gasteiger partial charge in [0.05, 0.1) is 10.2 Å². The first-order valence-corrected chi connectivity index (χ1v) is 11.9. The Morgan fingerprint density at radius 1 is 1.10 bits per heavy atom. The zero-order valence-electron chi connectivity index (χ0n) is 16.2. The Kier molecular flexibility index (Phi) is 4.81. The summed E-state index contributed by atoms with van der Waals surface area (Å²) in [6.07, 6.45) is 0.909. The maximum atomic E-state index is 13.3. The molecule has 0 bridgehead atoms. The van der Waals surface area contributed by atoms with Crippen molar-refractivity contribution in [3.63, 3.8) is 0 Å². The highest BCUT2D eigenvalue weighted by Gasteiger charge is 2.47. The molecule has 5 rings (SSSR count). The lowest BCUT2D eigenvalue weighted by molar-refractivity contribution is -0.126. The fourth-order valence-corrected chi connectivity index (χ4v) is 7.26. The van der Waals surface area contributed by atoms with E-state index in [2.05, 4.69) is 43.3 Å². The summed E-state index contributed by atoms with van der Waals surface area (Å²) in [7, 11) is 0. The lowest BCUT2D eigenvalue weighted by Gasteiger charge is -2.21. The predicted molar refractivity (Wildman–Crippen MR) is 127 cm³/mol. The summed E-state index contributed by atoms with van der Waals surface area (Å²) in [6, 6.07) is 16.7. The van der Waals surface area contributed by atoms with Gasteiger partial charge in [-0.2, -0.15) is 0 Å². The third-order valence-corrected chi connectivity index (χ3v) is 8.44. The van der Waals surface area contributed by atoms with Crippen LogP contribution in [0.4, 0.5) is 0 Å². The molecule has 1 amide bonds. The van der Waals surface area contributed by atoms with E-state index in [0.29, 0.717) is 10.9 Å². The van der Waals surface area contributed by atoms with Crippen LogP contribution in [0.2, 0.25) is 0 Å². The van der Waals surface area contributed by atoms with Gasteiger partial charge in [0.25, 0.3) is 0 Å². The van der Waals surface area contributed by atoms with Gasteiger partial charge in [0.15, 0.2) is 0 Å². The molecule has 2 aliphatic rings. The molecule has 1 saturated heterocycles. The van der Waals surface area contributed by atoms with Crippen molar-refractivity contribution in [2.45, 2.75) is 31.4 Å². The quantitative estimate of drug-likeness (QED) is 0.472. The minimum Gasteiger partial charge on any atom is -0.297 e. The number of carbonyl (C=O) groups excluding carboxylic acids is 1. The van der Waals surface area contributed by atoms with Crippen molar-refractivity contribution in [1.29, 1.82) is 0 Å². The number of nitrogens with zero attached hydrogens (tertiary/aromatic N) is 2. The number of benzene rings is 2. The monoisotopic (exact) mass is 436 g/mol. The Hall–Kier alpha value is -2.02. The molecule has 1 aromatic heterocycles. The third kappa shape index (κ3) is 2.88. The van der Waals surface area contributed by atoms with Crippen LogP contribution < -0.4 is 0 Å². The normalized spacial score (nSPS) is 21.5. The number of para-hydroxylation sites is 1. The number of thioether (sulfide) groups is 1. The van der Waals surface area contributed by atoms with Gasteiger partial charge in [-0.3, -0.25) is 9.69 Å². The van der Waals surface area contributed by atoms with Gasteiger partial charge in [0.2, 0.25) is 5.91 Å². The van der Waals surface area contributed by atoms with Gasteiger partial charge in [-0.15, -0.1) is 11.3 Å². The highest BCUT2D eigenvalue weighted by Crippen LogP contribution is 2.54. The number of hydrogen-bond acceptors (Lipinski definition) is 5. The number of carbonyl (C=O) groups is 1. The molecule has 3 aromatic rings. The van der Waals surface area contributed by atoms with Crippen molar-refractivity contribution in [2.75, 3.05) is 6.54 Å². The lowest BCUT2D eigenvalue weighted by atomic mass is 9.91. The Bertz CT molecular complexity index is 1150. The van der Waals surface area contributed by atoms with Gasteiger partial charge in [-0.1, -0.05) is 67.3 Å². The second-order valence-corrected chi connectivity index (χ2v) is 9.99. The number of thiazole rings is 1. The lowest BCUT2D eigenvalue weighted by Crippen LogP contribution is -2.33. The first-order valence-electron chi connectivity index (χ1n) is 9.84. The van der Waals surface area contributed by atoms with Crippen LogP contribution in [0.1, 0.15) is 42.3 Å². The Labute approximate surface area is 183 Å². The first kappa shape index (κ1) is 19.0. The van der Waals surface area contributed by atoms with E-state index < -0.39 is 0 Å². The molecule has 0 radical (unpaired) electrons. The van der Waals surface area contributed by atoms with Crippen molar-refractivity contribution < 1.29 is 4.79 Å². The summed E-state index contributed by atoms with van der Waals surface area (Å²) in [6.45, 7) is 4.79. The molecule has 146 valence electrons. The van der Waals surface area contributed by atoms with E-state index in [-0.39, 0.29) is 17.1 Å². The van der Waals surface area contributed by atoms with Crippen LogP contribution in [-0.2, 0) is 4.79 Å². The Morgan fingerprint density at radius 3 is 2.59 bits per heavy atom. The molecular formula is C23H20N2OS3. The molecule has 2 heterocycles. The van der Waals surface area contributed by atoms with E-state index in [1.165, 1.54) is 38.7 Å². The van der Waals surface area contributed by atoms with E-state index >= 15 is 0 Å². The fourth-order valence-electron chi connectivity index (χ4n) is 4.44.